The Morgan fingerprint density at radius 1 is 0.907 bits per heavy atom. The molecular weight excluding hydrogens is 543 g/mol. The number of carbonyl (C=O) groups is 1. The third-order valence-electron chi connectivity index (χ3n) is 7.56. The number of allylic oxidation sites excluding steroid dienone is 1. The third kappa shape index (κ3) is 8.23. The van der Waals surface area contributed by atoms with E-state index in [1.807, 2.05) is 48.5 Å². The largest absolute Gasteiger partial charge is 0.497 e. The van der Waals surface area contributed by atoms with Gasteiger partial charge in [0.2, 0.25) is 5.82 Å². The molecule has 0 bridgehead atoms. The Kier molecular flexibility index (Phi) is 9.69. The number of carboxylic acids is 1. The Bertz CT molecular complexity index is 1650. The number of hydrogen-bond acceptors (Lipinski definition) is 5. The van der Waals surface area contributed by atoms with Gasteiger partial charge >= 0.3 is 5.97 Å². The van der Waals surface area contributed by atoms with E-state index in [1.165, 1.54) is 11.6 Å². The van der Waals surface area contributed by atoms with Crippen LogP contribution in [0.4, 0.5) is 4.39 Å². The summed E-state index contributed by atoms with van der Waals surface area (Å²) in [5.74, 6) is 0.325. The number of aromatic nitrogens is 4. The molecule has 0 amide bonds. The van der Waals surface area contributed by atoms with Crippen molar-refractivity contribution >= 4 is 12.0 Å². The predicted octanol–water partition coefficient (Wildman–Crippen LogP) is 7.00. The van der Waals surface area contributed by atoms with E-state index < -0.39 is 5.97 Å². The molecule has 0 spiro atoms. The first-order chi connectivity index (χ1) is 21.0. The number of aromatic amines is 1. The maximum absolute atomic E-state index is 14.4. The normalized spacial score (nSPS) is 12.0. The number of tetrazole rings is 1. The van der Waals surface area contributed by atoms with Gasteiger partial charge in [0.05, 0.1) is 12.7 Å². The number of aromatic carboxylic acids is 1. The molecule has 0 saturated carbocycles. The lowest BCUT2D eigenvalue weighted by Crippen LogP contribution is -2.05. The first kappa shape index (κ1) is 29.4. The van der Waals surface area contributed by atoms with Gasteiger partial charge in [-0.1, -0.05) is 66.7 Å². The molecule has 8 heteroatoms. The van der Waals surface area contributed by atoms with Crippen LogP contribution >= 0.6 is 0 Å². The Labute approximate surface area is 250 Å². The van der Waals surface area contributed by atoms with E-state index >= 15 is 0 Å². The van der Waals surface area contributed by atoms with Crippen LogP contribution in [-0.4, -0.2) is 38.8 Å². The van der Waals surface area contributed by atoms with Gasteiger partial charge in [-0.25, -0.2) is 9.18 Å². The highest BCUT2D eigenvalue weighted by atomic mass is 19.1. The summed E-state index contributed by atoms with van der Waals surface area (Å²) in [6.07, 6.45) is 8.23. The molecule has 1 aromatic heterocycles. The lowest BCUT2D eigenvalue weighted by molar-refractivity contribution is 0.0697. The number of hydrogen-bond donors (Lipinski definition) is 2. The second-order valence-corrected chi connectivity index (χ2v) is 10.5. The lowest BCUT2D eigenvalue weighted by Gasteiger charge is -2.15. The second-order valence-electron chi connectivity index (χ2n) is 10.5. The molecule has 0 saturated heterocycles. The number of methoxy groups -OCH3 is 1. The van der Waals surface area contributed by atoms with Crippen molar-refractivity contribution in [3.05, 3.63) is 136 Å². The molecule has 0 aliphatic heterocycles. The quantitative estimate of drug-likeness (QED) is 0.157. The summed E-state index contributed by atoms with van der Waals surface area (Å²) in [5, 5.41) is 23.4. The van der Waals surface area contributed by atoms with Crippen LogP contribution in [0.3, 0.4) is 0 Å². The van der Waals surface area contributed by atoms with Crippen molar-refractivity contribution in [1.82, 2.24) is 20.6 Å². The number of nitrogens with one attached hydrogen (secondary N) is 1. The second kappa shape index (κ2) is 14.2. The van der Waals surface area contributed by atoms with Crippen molar-refractivity contribution in [3.63, 3.8) is 0 Å². The summed E-state index contributed by atoms with van der Waals surface area (Å²) >= 11 is 0. The number of rotatable bonds is 13. The molecule has 0 radical (unpaired) electrons. The zero-order valence-electron chi connectivity index (χ0n) is 23.9. The van der Waals surface area contributed by atoms with E-state index in [4.69, 9.17) is 4.74 Å². The average Bonchev–Trinajstić information content (AvgIpc) is 3.58. The summed E-state index contributed by atoms with van der Waals surface area (Å²) in [6.45, 7) is 0. The molecule has 5 rings (SSSR count). The Balaban J connectivity index is 1.33. The van der Waals surface area contributed by atoms with E-state index in [0.29, 0.717) is 5.82 Å². The highest BCUT2D eigenvalue weighted by molar-refractivity contribution is 5.87. The summed E-state index contributed by atoms with van der Waals surface area (Å²) in [4.78, 5) is 11.3. The molecule has 1 unspecified atom stereocenters. The third-order valence-corrected chi connectivity index (χ3v) is 7.56. The van der Waals surface area contributed by atoms with Crippen LogP contribution in [0.2, 0.25) is 0 Å². The van der Waals surface area contributed by atoms with E-state index in [0.717, 1.165) is 65.7 Å². The van der Waals surface area contributed by atoms with Crippen LogP contribution < -0.4 is 4.74 Å². The van der Waals surface area contributed by atoms with Gasteiger partial charge in [-0.3, -0.25) is 0 Å². The number of H-pyrrole nitrogens is 1. The number of halogens is 1. The Hall–Kier alpha value is -5.11. The van der Waals surface area contributed by atoms with Crippen LogP contribution in [0.25, 0.3) is 17.5 Å². The molecule has 218 valence electrons. The van der Waals surface area contributed by atoms with Gasteiger partial charge in [-0.2, -0.15) is 5.21 Å². The van der Waals surface area contributed by atoms with Gasteiger partial charge in [0.15, 0.2) is 0 Å². The smallest absolute Gasteiger partial charge is 0.335 e. The first-order valence-corrected chi connectivity index (χ1v) is 14.2. The minimum absolute atomic E-state index is 0.160. The average molecular weight is 577 g/mol. The molecule has 2 N–H and O–H groups in total. The van der Waals surface area contributed by atoms with Gasteiger partial charge in [-0.05, 0) is 107 Å². The van der Waals surface area contributed by atoms with Crippen molar-refractivity contribution in [2.45, 2.75) is 32.1 Å². The molecular formula is C35H33FN4O3. The topological polar surface area (TPSA) is 101 Å². The minimum Gasteiger partial charge on any atom is -0.497 e. The molecule has 0 aliphatic carbocycles. The monoisotopic (exact) mass is 576 g/mol. The lowest BCUT2D eigenvalue weighted by atomic mass is 9.90. The van der Waals surface area contributed by atoms with Crippen molar-refractivity contribution in [1.29, 1.82) is 0 Å². The molecule has 5 aromatic rings. The van der Waals surface area contributed by atoms with E-state index in [-0.39, 0.29) is 17.3 Å². The summed E-state index contributed by atoms with van der Waals surface area (Å²) < 4.78 is 19.6. The summed E-state index contributed by atoms with van der Waals surface area (Å²) in [5.41, 5.74) is 6.53. The first-order valence-electron chi connectivity index (χ1n) is 14.2. The van der Waals surface area contributed by atoms with Crippen molar-refractivity contribution < 1.29 is 19.0 Å². The maximum atomic E-state index is 14.4. The van der Waals surface area contributed by atoms with Crippen LogP contribution in [0, 0.1) is 11.7 Å². The molecule has 43 heavy (non-hydrogen) atoms. The zero-order chi connectivity index (χ0) is 30.0. The molecule has 1 atom stereocenters. The standard InChI is InChI=1S/C35H33FN4O3/c1-43-33-20-10-25(11-21-33)4-12-28-18-19-32(36)23-31(28)17-9-26(3-2-24-5-15-30(16-6-24)35(41)42)22-27-7-13-29(14-8-27)34-37-39-40-38-34/h5-11,13-21,23,26H,2-4,12,22H2,1H3,(H,41,42)(H,37,38,39,40)/b17-9-. The van der Waals surface area contributed by atoms with Gasteiger partial charge in [0, 0.05) is 5.56 Å². The molecule has 0 fully saturated rings. The maximum Gasteiger partial charge on any atom is 0.335 e. The predicted molar refractivity (Wildman–Crippen MR) is 164 cm³/mol. The summed E-state index contributed by atoms with van der Waals surface area (Å²) in [6, 6.07) is 28.1. The van der Waals surface area contributed by atoms with Gasteiger partial charge < -0.3 is 9.84 Å². The van der Waals surface area contributed by atoms with Crippen molar-refractivity contribution in [3.8, 4) is 17.1 Å². The van der Waals surface area contributed by atoms with Crippen LogP contribution in [0.1, 0.15) is 44.6 Å². The number of ether oxygens (including phenoxy) is 1. The SMILES string of the molecule is COc1ccc(CCc2ccc(F)cc2/C=C\C(CCc2ccc(C(=O)O)cc2)Cc2ccc(-c3nn[nH]n3)cc2)cc1. The highest BCUT2D eigenvalue weighted by Gasteiger charge is 2.11. The van der Waals surface area contributed by atoms with E-state index in [1.54, 1.807) is 25.3 Å². The minimum atomic E-state index is -0.936. The van der Waals surface area contributed by atoms with Crippen molar-refractivity contribution in [2.75, 3.05) is 7.11 Å². The fourth-order valence-electron chi connectivity index (χ4n) is 5.07. The number of carboxylic acid groups (broad SMARTS) is 1. The van der Waals surface area contributed by atoms with Crippen LogP contribution in [-0.2, 0) is 25.7 Å². The van der Waals surface area contributed by atoms with Crippen LogP contribution in [0.5, 0.6) is 5.75 Å². The van der Waals surface area contributed by atoms with Crippen molar-refractivity contribution in [2.24, 2.45) is 5.92 Å². The number of aryl methyl sites for hydroxylation is 3. The molecule has 4 aromatic carbocycles. The zero-order valence-corrected chi connectivity index (χ0v) is 23.9. The highest BCUT2D eigenvalue weighted by Crippen LogP contribution is 2.23. The van der Waals surface area contributed by atoms with Crippen LogP contribution in [0.15, 0.2) is 97.1 Å². The fourth-order valence-corrected chi connectivity index (χ4v) is 5.07. The number of benzene rings is 4. The molecule has 0 aliphatic rings. The number of nitrogens with zero attached hydrogens (tertiary/aromatic N) is 3. The summed E-state index contributed by atoms with van der Waals surface area (Å²) in [7, 11) is 1.65. The Morgan fingerprint density at radius 3 is 2.28 bits per heavy atom. The molecule has 7 nitrogen and oxygen atoms in total. The Morgan fingerprint density at radius 2 is 1.60 bits per heavy atom. The molecule has 1 heterocycles. The van der Waals surface area contributed by atoms with Gasteiger partial charge in [0.25, 0.3) is 0 Å². The van der Waals surface area contributed by atoms with Gasteiger partial charge in [-0.15, -0.1) is 10.2 Å². The van der Waals surface area contributed by atoms with E-state index in [9.17, 15) is 14.3 Å². The fraction of sp³-hybridized carbons (Fsp3) is 0.200. The van der Waals surface area contributed by atoms with E-state index in [2.05, 4.69) is 51.0 Å². The van der Waals surface area contributed by atoms with Gasteiger partial charge in [0.1, 0.15) is 11.6 Å².